The third kappa shape index (κ3) is 2.79. The van der Waals surface area contributed by atoms with E-state index in [1.54, 1.807) is 12.3 Å². The summed E-state index contributed by atoms with van der Waals surface area (Å²) in [4.78, 5) is 38.9. The first-order chi connectivity index (χ1) is 8.99. The number of carboxylic acids is 1. The number of hydrogen-bond acceptors (Lipinski definition) is 5. The zero-order valence-electron chi connectivity index (χ0n) is 9.99. The van der Waals surface area contributed by atoms with Crippen LogP contribution in [0.5, 0.6) is 0 Å². The highest BCUT2D eigenvalue weighted by atomic mass is 32.1. The van der Waals surface area contributed by atoms with Crippen molar-refractivity contribution in [3.05, 3.63) is 33.7 Å². The van der Waals surface area contributed by atoms with Crippen LogP contribution in [0.4, 0.5) is 0 Å². The van der Waals surface area contributed by atoms with Crippen LogP contribution < -0.4 is 10.9 Å². The number of nitrogens with zero attached hydrogens (tertiary/aromatic N) is 2. The molecule has 19 heavy (non-hydrogen) atoms. The summed E-state index contributed by atoms with van der Waals surface area (Å²) >= 11 is 1.29. The van der Waals surface area contributed by atoms with E-state index in [1.807, 2.05) is 0 Å². The summed E-state index contributed by atoms with van der Waals surface area (Å²) in [5.41, 5.74) is -0.570. The lowest BCUT2D eigenvalue weighted by atomic mass is 10.2. The van der Waals surface area contributed by atoms with Crippen molar-refractivity contribution < 1.29 is 14.7 Å². The quantitative estimate of drug-likeness (QED) is 0.842. The van der Waals surface area contributed by atoms with Crippen LogP contribution in [0.1, 0.15) is 23.7 Å². The fraction of sp³-hybridized carbons (Fsp3) is 0.273. The van der Waals surface area contributed by atoms with E-state index >= 15 is 0 Å². The zero-order chi connectivity index (χ0) is 14.0. The van der Waals surface area contributed by atoms with Gasteiger partial charge in [0, 0.05) is 23.8 Å². The second kappa shape index (κ2) is 5.19. The third-order valence-electron chi connectivity index (χ3n) is 2.45. The van der Waals surface area contributed by atoms with Crippen LogP contribution in [0.2, 0.25) is 0 Å². The summed E-state index contributed by atoms with van der Waals surface area (Å²) < 4.78 is 1.28. The molecule has 2 N–H and O–H groups in total. The lowest BCUT2D eigenvalue weighted by Crippen LogP contribution is -2.37. The van der Waals surface area contributed by atoms with Crippen LogP contribution in [-0.2, 0) is 4.79 Å². The number of fused-ring (bicyclic) bond motifs is 1. The smallest absolute Gasteiger partial charge is 0.305 e. The fourth-order valence-corrected chi connectivity index (χ4v) is 2.27. The summed E-state index contributed by atoms with van der Waals surface area (Å²) in [5.74, 6) is -1.64. The molecule has 1 amide bonds. The van der Waals surface area contributed by atoms with Gasteiger partial charge in [-0.25, -0.2) is 4.98 Å². The molecule has 1 unspecified atom stereocenters. The number of hydrogen-bond donors (Lipinski definition) is 2. The SMILES string of the molecule is CC(CC(=O)O)NC(=O)c1cnc2sccn2c1=O. The van der Waals surface area contributed by atoms with Gasteiger partial charge in [-0.1, -0.05) is 0 Å². The lowest BCUT2D eigenvalue weighted by Gasteiger charge is -2.10. The molecule has 1 atom stereocenters. The maximum Gasteiger partial charge on any atom is 0.305 e. The first-order valence-electron chi connectivity index (χ1n) is 5.46. The summed E-state index contributed by atoms with van der Waals surface area (Å²) in [6.07, 6.45) is 2.53. The summed E-state index contributed by atoms with van der Waals surface area (Å²) in [7, 11) is 0. The minimum Gasteiger partial charge on any atom is -0.481 e. The molecule has 0 aromatic carbocycles. The van der Waals surface area contributed by atoms with Crippen LogP contribution in [0.3, 0.4) is 0 Å². The Labute approximate surface area is 111 Å². The molecule has 7 nitrogen and oxygen atoms in total. The number of aliphatic carboxylic acids is 1. The van der Waals surface area contributed by atoms with E-state index in [9.17, 15) is 14.4 Å². The Hall–Kier alpha value is -2.22. The number of nitrogens with one attached hydrogen (secondary N) is 1. The Morgan fingerprint density at radius 3 is 3.00 bits per heavy atom. The maximum atomic E-state index is 12.0. The van der Waals surface area contributed by atoms with Gasteiger partial charge in [0.15, 0.2) is 4.96 Å². The van der Waals surface area contributed by atoms with E-state index in [2.05, 4.69) is 10.3 Å². The average molecular weight is 281 g/mol. The van der Waals surface area contributed by atoms with Gasteiger partial charge < -0.3 is 10.4 Å². The van der Waals surface area contributed by atoms with E-state index < -0.39 is 23.5 Å². The Balaban J connectivity index is 2.24. The van der Waals surface area contributed by atoms with Crippen LogP contribution in [0, 0.1) is 0 Å². The van der Waals surface area contributed by atoms with Gasteiger partial charge in [-0.3, -0.25) is 18.8 Å². The van der Waals surface area contributed by atoms with Crippen molar-refractivity contribution in [1.82, 2.24) is 14.7 Å². The molecule has 0 fully saturated rings. The highest BCUT2D eigenvalue weighted by Crippen LogP contribution is 2.05. The van der Waals surface area contributed by atoms with Crippen LogP contribution >= 0.6 is 11.3 Å². The summed E-state index contributed by atoms with van der Waals surface area (Å²) in [6, 6.07) is -0.562. The Kier molecular flexibility index (Phi) is 3.61. The van der Waals surface area contributed by atoms with Gasteiger partial charge in [0.2, 0.25) is 0 Å². The third-order valence-corrected chi connectivity index (χ3v) is 3.22. The molecule has 0 radical (unpaired) electrons. The van der Waals surface area contributed by atoms with Gasteiger partial charge in [0.25, 0.3) is 11.5 Å². The predicted molar refractivity (Wildman–Crippen MR) is 68.5 cm³/mol. The molecule has 0 saturated carbocycles. The molecule has 2 aromatic heterocycles. The average Bonchev–Trinajstić information content (AvgIpc) is 2.76. The maximum absolute atomic E-state index is 12.0. The van der Waals surface area contributed by atoms with Crippen molar-refractivity contribution in [1.29, 1.82) is 0 Å². The van der Waals surface area contributed by atoms with Crippen molar-refractivity contribution in [3.8, 4) is 0 Å². The number of carboxylic acid groups (broad SMARTS) is 1. The van der Waals surface area contributed by atoms with E-state index in [1.165, 1.54) is 28.1 Å². The minimum absolute atomic E-state index is 0.104. The van der Waals surface area contributed by atoms with Crippen LogP contribution in [-0.4, -0.2) is 32.4 Å². The van der Waals surface area contributed by atoms with Gasteiger partial charge in [0.05, 0.1) is 6.42 Å². The molecule has 8 heteroatoms. The normalized spacial score (nSPS) is 12.3. The van der Waals surface area contributed by atoms with Gasteiger partial charge in [0.1, 0.15) is 5.56 Å². The van der Waals surface area contributed by atoms with E-state index in [-0.39, 0.29) is 12.0 Å². The molecule has 2 rings (SSSR count). The highest BCUT2D eigenvalue weighted by molar-refractivity contribution is 7.15. The second-order valence-electron chi connectivity index (χ2n) is 4.00. The van der Waals surface area contributed by atoms with Gasteiger partial charge >= 0.3 is 5.97 Å². The second-order valence-corrected chi connectivity index (χ2v) is 4.88. The molecule has 2 aromatic rings. The molecule has 2 heterocycles. The zero-order valence-corrected chi connectivity index (χ0v) is 10.8. The number of thiazole rings is 1. The highest BCUT2D eigenvalue weighted by Gasteiger charge is 2.17. The van der Waals surface area contributed by atoms with Crippen LogP contribution in [0.25, 0.3) is 4.96 Å². The molecule has 0 aliphatic rings. The molecule has 0 saturated heterocycles. The van der Waals surface area contributed by atoms with E-state index in [0.717, 1.165) is 0 Å². The van der Waals surface area contributed by atoms with Crippen molar-refractivity contribution in [2.45, 2.75) is 19.4 Å². The number of rotatable bonds is 4. The molecule has 100 valence electrons. The fourth-order valence-electron chi connectivity index (χ4n) is 1.59. The Morgan fingerprint density at radius 2 is 2.32 bits per heavy atom. The molecular weight excluding hydrogens is 270 g/mol. The molecule has 0 aliphatic carbocycles. The molecule has 0 bridgehead atoms. The van der Waals surface area contributed by atoms with Crippen molar-refractivity contribution in [3.63, 3.8) is 0 Å². The summed E-state index contributed by atoms with van der Waals surface area (Å²) in [6.45, 7) is 1.56. The first-order valence-corrected chi connectivity index (χ1v) is 6.34. The topological polar surface area (TPSA) is 101 Å². The summed E-state index contributed by atoms with van der Waals surface area (Å²) in [5, 5.41) is 12.8. The Morgan fingerprint density at radius 1 is 1.58 bits per heavy atom. The standard InChI is InChI=1S/C11H11N3O4S/c1-6(4-8(15)16)13-9(17)7-5-12-11-14(10(7)18)2-3-19-11/h2-3,5-6H,4H2,1H3,(H,13,17)(H,15,16). The van der Waals surface area contributed by atoms with Gasteiger partial charge in [-0.05, 0) is 6.92 Å². The van der Waals surface area contributed by atoms with Crippen molar-refractivity contribution >= 4 is 28.2 Å². The van der Waals surface area contributed by atoms with E-state index in [4.69, 9.17) is 5.11 Å². The van der Waals surface area contributed by atoms with E-state index in [0.29, 0.717) is 4.96 Å². The predicted octanol–water partition coefficient (Wildman–Crippen LogP) is 0.349. The number of carbonyl (C=O) groups is 2. The molecular formula is C11H11N3O4S. The first kappa shape index (κ1) is 13.2. The largest absolute Gasteiger partial charge is 0.481 e. The molecule has 0 spiro atoms. The molecule has 0 aliphatic heterocycles. The van der Waals surface area contributed by atoms with Crippen molar-refractivity contribution in [2.24, 2.45) is 0 Å². The van der Waals surface area contributed by atoms with Crippen molar-refractivity contribution in [2.75, 3.05) is 0 Å². The lowest BCUT2D eigenvalue weighted by molar-refractivity contribution is -0.137. The monoisotopic (exact) mass is 281 g/mol. The van der Waals surface area contributed by atoms with Gasteiger partial charge in [-0.2, -0.15) is 0 Å². The number of amides is 1. The van der Waals surface area contributed by atoms with Crippen LogP contribution in [0.15, 0.2) is 22.6 Å². The van der Waals surface area contributed by atoms with Gasteiger partial charge in [-0.15, -0.1) is 11.3 Å². The number of carbonyl (C=O) groups excluding carboxylic acids is 1. The number of aromatic nitrogens is 2. The minimum atomic E-state index is -1.02. The Bertz CT molecular complexity index is 691.